The second kappa shape index (κ2) is 4.46. The zero-order valence-electron chi connectivity index (χ0n) is 7.74. The molecule has 8 heteroatoms. The fourth-order valence-electron chi connectivity index (χ4n) is 1.16. The molecule has 82 valence electrons. The van der Waals surface area contributed by atoms with Crippen LogP contribution in [0.2, 0.25) is 0 Å². The van der Waals surface area contributed by atoms with Crippen LogP contribution in [0.5, 0.6) is 0 Å². The van der Waals surface area contributed by atoms with E-state index in [9.17, 15) is 4.79 Å². The van der Waals surface area contributed by atoms with Crippen molar-refractivity contribution in [2.75, 3.05) is 16.3 Å². The highest BCUT2D eigenvalue weighted by Gasteiger charge is 2.14. The Hall–Kier alpha value is -2.03. The predicted molar refractivity (Wildman–Crippen MR) is 56.8 cm³/mol. The number of benzene rings is 1. The molecule has 0 saturated carbocycles. The van der Waals surface area contributed by atoms with Gasteiger partial charge in [0.05, 0.1) is 22.6 Å². The van der Waals surface area contributed by atoms with E-state index in [1.54, 1.807) is 0 Å². The van der Waals surface area contributed by atoms with Gasteiger partial charge in [-0.05, 0) is 12.1 Å². The van der Waals surface area contributed by atoms with Crippen LogP contribution in [0.15, 0.2) is 12.1 Å². The molecule has 0 radical (unpaired) electrons. The molecule has 0 fully saturated rings. The third kappa shape index (κ3) is 2.07. The van der Waals surface area contributed by atoms with Gasteiger partial charge < -0.3 is 21.4 Å². The molecule has 10 N–H and O–H groups in total. The molecule has 0 aliphatic carbocycles. The van der Waals surface area contributed by atoms with Gasteiger partial charge in [-0.1, -0.05) is 0 Å². The first-order chi connectivity index (χ1) is 7.13. The smallest absolute Gasteiger partial charge is 0.338 e. The summed E-state index contributed by atoms with van der Waals surface area (Å²) in [6, 6.07) is 2.85. The zero-order chi connectivity index (χ0) is 11.4. The maximum Gasteiger partial charge on any atom is 0.338 e. The number of nitrogens with two attached hydrogens (primary N) is 3. The minimum atomic E-state index is -1.14. The molecule has 0 aromatic heterocycles. The van der Waals surface area contributed by atoms with Crippen LogP contribution in [0.3, 0.4) is 0 Å². The Kier molecular flexibility index (Phi) is 3.29. The number of hydrazine groups is 3. The summed E-state index contributed by atoms with van der Waals surface area (Å²) in [6.07, 6.45) is 0. The molecule has 0 aliphatic rings. The van der Waals surface area contributed by atoms with Crippen molar-refractivity contribution in [1.82, 2.24) is 0 Å². The van der Waals surface area contributed by atoms with E-state index in [2.05, 4.69) is 16.3 Å². The van der Waals surface area contributed by atoms with E-state index < -0.39 is 5.97 Å². The number of carboxylic acid groups (broad SMARTS) is 1. The average molecular weight is 212 g/mol. The lowest BCUT2D eigenvalue weighted by molar-refractivity contribution is 0.0698. The quantitative estimate of drug-likeness (QED) is 0.254. The summed E-state index contributed by atoms with van der Waals surface area (Å²) < 4.78 is 0. The molecule has 15 heavy (non-hydrogen) atoms. The summed E-state index contributed by atoms with van der Waals surface area (Å²) >= 11 is 0. The zero-order valence-corrected chi connectivity index (χ0v) is 7.74. The van der Waals surface area contributed by atoms with Crippen molar-refractivity contribution >= 4 is 23.0 Å². The number of aromatic carboxylic acids is 1. The number of hydrogen-bond acceptors (Lipinski definition) is 7. The van der Waals surface area contributed by atoms with E-state index in [1.165, 1.54) is 12.1 Å². The molecule has 0 amide bonds. The van der Waals surface area contributed by atoms with Gasteiger partial charge in [-0.2, -0.15) is 0 Å². The third-order valence-electron chi connectivity index (χ3n) is 1.84. The minimum Gasteiger partial charge on any atom is -0.478 e. The third-order valence-corrected chi connectivity index (χ3v) is 1.84. The van der Waals surface area contributed by atoms with Gasteiger partial charge in [0, 0.05) is 0 Å². The highest BCUT2D eigenvalue weighted by Crippen LogP contribution is 2.28. The molecular weight excluding hydrogens is 200 g/mol. The van der Waals surface area contributed by atoms with Crippen molar-refractivity contribution in [3.63, 3.8) is 0 Å². The molecule has 1 aromatic carbocycles. The molecule has 0 saturated heterocycles. The number of carbonyl (C=O) groups is 1. The van der Waals surface area contributed by atoms with Gasteiger partial charge in [0.25, 0.3) is 0 Å². The minimum absolute atomic E-state index is 0.0408. The van der Waals surface area contributed by atoms with Crippen LogP contribution >= 0.6 is 0 Å². The van der Waals surface area contributed by atoms with Gasteiger partial charge in [0.1, 0.15) is 0 Å². The van der Waals surface area contributed by atoms with E-state index in [1.807, 2.05) is 0 Å². The first-order valence-electron chi connectivity index (χ1n) is 3.95. The summed E-state index contributed by atoms with van der Waals surface area (Å²) in [6.45, 7) is 0. The predicted octanol–water partition coefficient (Wildman–Crippen LogP) is -0.758. The van der Waals surface area contributed by atoms with E-state index in [0.717, 1.165) is 0 Å². The number of nitrogen functional groups attached to an aromatic ring is 3. The summed E-state index contributed by atoms with van der Waals surface area (Å²) in [5.74, 6) is 14.4. The fraction of sp³-hybridized carbons (Fsp3) is 0. The van der Waals surface area contributed by atoms with Gasteiger partial charge in [-0.3, -0.25) is 17.5 Å². The molecule has 0 bridgehead atoms. The van der Waals surface area contributed by atoms with Crippen molar-refractivity contribution in [3.05, 3.63) is 17.7 Å². The number of nitrogens with one attached hydrogen (secondary N) is 3. The Balaban J connectivity index is 3.39. The lowest BCUT2D eigenvalue weighted by atomic mass is 10.1. The van der Waals surface area contributed by atoms with Crippen LogP contribution in [0.4, 0.5) is 17.1 Å². The van der Waals surface area contributed by atoms with Crippen LogP contribution in [0, 0.1) is 0 Å². The Bertz CT molecular complexity index is 380. The standard InChI is InChI=1S/C7H12N6O2/c8-11-3-1-4(7(14)15)6(13-10)5(2-3)12-9/h1-2,11-13H,8-10H2,(H,14,15). The summed E-state index contributed by atoms with van der Waals surface area (Å²) in [5.41, 5.74) is 7.76. The normalized spacial score (nSPS) is 9.53. The molecule has 0 unspecified atom stereocenters. The van der Waals surface area contributed by atoms with Crippen LogP contribution < -0.4 is 33.8 Å². The van der Waals surface area contributed by atoms with Crippen LogP contribution in [0.1, 0.15) is 10.4 Å². The van der Waals surface area contributed by atoms with Crippen LogP contribution in [-0.2, 0) is 0 Å². The summed E-state index contributed by atoms with van der Waals surface area (Å²) in [5, 5.41) is 8.90. The molecule has 0 spiro atoms. The topological polar surface area (TPSA) is 151 Å². The maximum atomic E-state index is 10.9. The number of rotatable bonds is 4. The lowest BCUT2D eigenvalue weighted by Crippen LogP contribution is -2.18. The van der Waals surface area contributed by atoms with Crippen molar-refractivity contribution in [2.45, 2.75) is 0 Å². The molecule has 0 heterocycles. The molecule has 0 atom stereocenters. The highest BCUT2D eigenvalue weighted by atomic mass is 16.4. The van der Waals surface area contributed by atoms with Crippen molar-refractivity contribution in [1.29, 1.82) is 0 Å². The number of hydrogen-bond donors (Lipinski definition) is 7. The van der Waals surface area contributed by atoms with Crippen molar-refractivity contribution in [2.24, 2.45) is 17.5 Å². The van der Waals surface area contributed by atoms with E-state index in [4.69, 9.17) is 22.6 Å². The Morgan fingerprint density at radius 1 is 1.13 bits per heavy atom. The highest BCUT2D eigenvalue weighted by molar-refractivity contribution is 5.99. The van der Waals surface area contributed by atoms with Gasteiger partial charge in [-0.15, -0.1) is 0 Å². The molecule has 0 aliphatic heterocycles. The number of carboxylic acids is 1. The van der Waals surface area contributed by atoms with Crippen molar-refractivity contribution < 1.29 is 9.90 Å². The van der Waals surface area contributed by atoms with Crippen LogP contribution in [-0.4, -0.2) is 11.1 Å². The van der Waals surface area contributed by atoms with E-state index in [0.29, 0.717) is 11.4 Å². The fourth-order valence-corrected chi connectivity index (χ4v) is 1.16. The first-order valence-corrected chi connectivity index (χ1v) is 3.95. The number of anilines is 3. The monoisotopic (exact) mass is 212 g/mol. The maximum absolute atomic E-state index is 10.9. The molecular formula is C7H12N6O2. The lowest BCUT2D eigenvalue weighted by Gasteiger charge is -2.13. The summed E-state index contributed by atoms with van der Waals surface area (Å²) in [7, 11) is 0. The summed E-state index contributed by atoms with van der Waals surface area (Å²) in [4.78, 5) is 10.9. The SMILES string of the molecule is NNc1cc(NN)c(NN)c(C(=O)O)c1. The van der Waals surface area contributed by atoms with Gasteiger partial charge in [0.2, 0.25) is 0 Å². The van der Waals surface area contributed by atoms with Crippen LogP contribution in [0.25, 0.3) is 0 Å². The molecule has 8 nitrogen and oxygen atoms in total. The van der Waals surface area contributed by atoms with Gasteiger partial charge in [0.15, 0.2) is 0 Å². The van der Waals surface area contributed by atoms with E-state index in [-0.39, 0.29) is 11.3 Å². The Morgan fingerprint density at radius 2 is 1.80 bits per heavy atom. The van der Waals surface area contributed by atoms with E-state index >= 15 is 0 Å². The average Bonchev–Trinajstić information content (AvgIpc) is 2.26. The Morgan fingerprint density at radius 3 is 2.20 bits per heavy atom. The Labute approximate surface area is 85.3 Å². The largest absolute Gasteiger partial charge is 0.478 e. The first kappa shape index (κ1) is 11.0. The molecule has 1 rings (SSSR count). The molecule has 1 aromatic rings. The second-order valence-electron chi connectivity index (χ2n) is 2.68. The van der Waals surface area contributed by atoms with Crippen molar-refractivity contribution in [3.8, 4) is 0 Å². The second-order valence-corrected chi connectivity index (χ2v) is 2.68. The van der Waals surface area contributed by atoms with Gasteiger partial charge >= 0.3 is 5.97 Å². The van der Waals surface area contributed by atoms with Gasteiger partial charge in [-0.25, -0.2) is 4.79 Å².